The van der Waals surface area contributed by atoms with Crippen LogP contribution in [0.1, 0.15) is 41.2 Å². The van der Waals surface area contributed by atoms with Gasteiger partial charge in [-0.15, -0.1) is 0 Å². The van der Waals surface area contributed by atoms with Gasteiger partial charge >= 0.3 is 0 Å². The molecule has 0 spiro atoms. The summed E-state index contributed by atoms with van der Waals surface area (Å²) in [4.78, 5) is 16.0. The molecule has 1 aromatic heterocycles. The van der Waals surface area contributed by atoms with Crippen LogP contribution in [0.4, 0.5) is 0 Å². The first kappa shape index (κ1) is 16.3. The molecule has 0 bridgehead atoms. The zero-order valence-corrected chi connectivity index (χ0v) is 13.1. The van der Waals surface area contributed by atoms with E-state index in [2.05, 4.69) is 10.3 Å². The summed E-state index contributed by atoms with van der Waals surface area (Å²) in [5, 5.41) is 20.9. The van der Waals surface area contributed by atoms with Crippen molar-refractivity contribution in [2.75, 3.05) is 6.54 Å². The lowest BCUT2D eigenvalue weighted by Crippen LogP contribution is -2.27. The standard InChI is InChI=1S/C17H17N5O/c1-12(2)9-20-17(23)14-5-3-4-13(6-14)10-22-11-21-15(7-18)16(22)8-19/h3-6,11-12H,9-10H2,1-2H3,(H,20,23). The van der Waals surface area contributed by atoms with Gasteiger partial charge < -0.3 is 9.88 Å². The molecule has 0 aliphatic rings. The van der Waals surface area contributed by atoms with Crippen molar-refractivity contribution in [3.8, 4) is 12.1 Å². The lowest BCUT2D eigenvalue weighted by atomic mass is 10.1. The van der Waals surface area contributed by atoms with E-state index in [0.717, 1.165) is 5.56 Å². The lowest BCUT2D eigenvalue weighted by Gasteiger charge is -2.09. The van der Waals surface area contributed by atoms with Crippen LogP contribution in [0, 0.1) is 28.6 Å². The Morgan fingerprint density at radius 2 is 2.13 bits per heavy atom. The van der Waals surface area contributed by atoms with E-state index in [-0.39, 0.29) is 17.3 Å². The van der Waals surface area contributed by atoms with E-state index in [9.17, 15) is 4.79 Å². The highest BCUT2D eigenvalue weighted by Crippen LogP contribution is 2.11. The van der Waals surface area contributed by atoms with E-state index in [1.807, 2.05) is 32.1 Å². The van der Waals surface area contributed by atoms with Crippen molar-refractivity contribution >= 4 is 5.91 Å². The zero-order chi connectivity index (χ0) is 16.8. The fraction of sp³-hybridized carbons (Fsp3) is 0.294. The van der Waals surface area contributed by atoms with Gasteiger partial charge in [-0.25, -0.2) is 4.98 Å². The Morgan fingerprint density at radius 3 is 2.78 bits per heavy atom. The zero-order valence-electron chi connectivity index (χ0n) is 13.1. The van der Waals surface area contributed by atoms with Gasteiger partial charge in [0, 0.05) is 18.7 Å². The summed E-state index contributed by atoms with van der Waals surface area (Å²) in [5.74, 6) is 0.264. The molecule has 1 aromatic carbocycles. The van der Waals surface area contributed by atoms with E-state index in [1.54, 1.807) is 22.8 Å². The molecule has 2 aromatic rings. The van der Waals surface area contributed by atoms with Crippen LogP contribution in [-0.2, 0) is 6.54 Å². The largest absolute Gasteiger partial charge is 0.352 e. The topological polar surface area (TPSA) is 94.5 Å². The first-order chi connectivity index (χ1) is 11.0. The lowest BCUT2D eigenvalue weighted by molar-refractivity contribution is 0.0949. The van der Waals surface area contributed by atoms with Crippen LogP contribution in [-0.4, -0.2) is 22.0 Å². The van der Waals surface area contributed by atoms with Crippen molar-refractivity contribution < 1.29 is 4.79 Å². The maximum atomic E-state index is 12.1. The SMILES string of the molecule is CC(C)CNC(=O)c1cccc(Cn2cnc(C#N)c2C#N)c1. The van der Waals surface area contributed by atoms with Gasteiger partial charge in [0.15, 0.2) is 11.4 Å². The van der Waals surface area contributed by atoms with E-state index >= 15 is 0 Å². The highest BCUT2D eigenvalue weighted by atomic mass is 16.1. The Kier molecular flexibility index (Phi) is 5.11. The highest BCUT2D eigenvalue weighted by Gasteiger charge is 2.11. The van der Waals surface area contributed by atoms with Crippen LogP contribution >= 0.6 is 0 Å². The van der Waals surface area contributed by atoms with Gasteiger partial charge in [-0.1, -0.05) is 26.0 Å². The molecular weight excluding hydrogens is 290 g/mol. The maximum Gasteiger partial charge on any atom is 0.251 e. The van der Waals surface area contributed by atoms with Crippen LogP contribution in [0.3, 0.4) is 0 Å². The number of carbonyl (C=O) groups is 1. The summed E-state index contributed by atoms with van der Waals surface area (Å²) in [7, 11) is 0. The summed E-state index contributed by atoms with van der Waals surface area (Å²) in [6, 6.07) is 11.1. The van der Waals surface area contributed by atoms with Crippen molar-refractivity contribution in [1.29, 1.82) is 10.5 Å². The number of nitrogens with one attached hydrogen (secondary N) is 1. The predicted octanol–water partition coefficient (Wildman–Crippen LogP) is 2.06. The Labute approximate surface area is 135 Å². The molecule has 116 valence electrons. The van der Waals surface area contributed by atoms with Gasteiger partial charge in [0.1, 0.15) is 12.1 Å². The van der Waals surface area contributed by atoms with Crippen LogP contribution in [0.15, 0.2) is 30.6 Å². The van der Waals surface area contributed by atoms with Crippen LogP contribution in [0.2, 0.25) is 0 Å². The minimum absolute atomic E-state index is 0.110. The van der Waals surface area contributed by atoms with E-state index < -0.39 is 0 Å². The summed E-state index contributed by atoms with van der Waals surface area (Å²) in [6.07, 6.45) is 1.46. The minimum Gasteiger partial charge on any atom is -0.352 e. The molecule has 6 nitrogen and oxygen atoms in total. The second-order valence-corrected chi connectivity index (χ2v) is 5.60. The number of imidazole rings is 1. The van der Waals surface area contributed by atoms with Gasteiger partial charge in [-0.3, -0.25) is 4.79 Å². The smallest absolute Gasteiger partial charge is 0.251 e. The number of rotatable bonds is 5. The van der Waals surface area contributed by atoms with E-state index in [4.69, 9.17) is 10.5 Å². The molecular formula is C17H17N5O. The number of nitrogens with zero attached hydrogens (tertiary/aromatic N) is 4. The third-order valence-corrected chi connectivity index (χ3v) is 3.26. The summed E-state index contributed by atoms with van der Waals surface area (Å²) >= 11 is 0. The summed E-state index contributed by atoms with van der Waals surface area (Å²) in [6.45, 7) is 5.06. The summed E-state index contributed by atoms with van der Waals surface area (Å²) in [5.41, 5.74) is 1.77. The van der Waals surface area contributed by atoms with Crippen molar-refractivity contribution in [2.45, 2.75) is 20.4 Å². The minimum atomic E-state index is -0.121. The molecule has 1 amide bonds. The van der Waals surface area contributed by atoms with Gasteiger partial charge in [-0.05, 0) is 23.6 Å². The Bertz CT molecular complexity index is 792. The van der Waals surface area contributed by atoms with Crippen LogP contribution < -0.4 is 5.32 Å². The molecule has 6 heteroatoms. The van der Waals surface area contributed by atoms with Crippen molar-refractivity contribution in [2.24, 2.45) is 5.92 Å². The monoisotopic (exact) mass is 307 g/mol. The maximum absolute atomic E-state index is 12.1. The molecule has 0 radical (unpaired) electrons. The first-order valence-electron chi connectivity index (χ1n) is 7.27. The molecule has 0 saturated carbocycles. The Hall–Kier alpha value is -3.12. The average molecular weight is 307 g/mol. The highest BCUT2D eigenvalue weighted by molar-refractivity contribution is 5.94. The number of nitriles is 2. The molecule has 23 heavy (non-hydrogen) atoms. The Morgan fingerprint density at radius 1 is 1.35 bits per heavy atom. The fourth-order valence-electron chi connectivity index (χ4n) is 2.11. The molecule has 2 rings (SSSR count). The molecule has 0 saturated heterocycles. The van der Waals surface area contributed by atoms with Gasteiger partial charge in [0.2, 0.25) is 0 Å². The van der Waals surface area contributed by atoms with Gasteiger partial charge in [0.05, 0.1) is 6.33 Å². The number of hydrogen-bond donors (Lipinski definition) is 1. The molecule has 0 unspecified atom stereocenters. The molecule has 1 N–H and O–H groups in total. The van der Waals surface area contributed by atoms with Crippen LogP contribution in [0.25, 0.3) is 0 Å². The molecule has 0 atom stereocenters. The second-order valence-electron chi connectivity index (χ2n) is 5.60. The molecule has 0 aliphatic carbocycles. The third-order valence-electron chi connectivity index (χ3n) is 3.26. The average Bonchev–Trinajstić information content (AvgIpc) is 2.94. The predicted molar refractivity (Wildman–Crippen MR) is 84.4 cm³/mol. The van der Waals surface area contributed by atoms with Crippen molar-refractivity contribution in [3.63, 3.8) is 0 Å². The van der Waals surface area contributed by atoms with Gasteiger partial charge in [-0.2, -0.15) is 10.5 Å². The molecule has 0 fully saturated rings. The fourth-order valence-corrected chi connectivity index (χ4v) is 2.11. The normalized spacial score (nSPS) is 10.1. The number of hydrogen-bond acceptors (Lipinski definition) is 4. The summed E-state index contributed by atoms with van der Waals surface area (Å²) < 4.78 is 1.60. The Balaban J connectivity index is 2.18. The number of carbonyl (C=O) groups excluding carboxylic acids is 1. The second kappa shape index (κ2) is 7.24. The number of amides is 1. The number of aromatic nitrogens is 2. The third kappa shape index (κ3) is 3.96. The first-order valence-corrected chi connectivity index (χ1v) is 7.27. The van der Waals surface area contributed by atoms with E-state index in [0.29, 0.717) is 24.6 Å². The quantitative estimate of drug-likeness (QED) is 0.914. The van der Waals surface area contributed by atoms with E-state index in [1.165, 1.54) is 6.33 Å². The molecule has 0 aliphatic heterocycles. The van der Waals surface area contributed by atoms with Gasteiger partial charge in [0.25, 0.3) is 5.91 Å². The number of benzene rings is 1. The molecule has 1 heterocycles. The van der Waals surface area contributed by atoms with Crippen molar-refractivity contribution in [1.82, 2.24) is 14.9 Å². The van der Waals surface area contributed by atoms with Crippen molar-refractivity contribution in [3.05, 3.63) is 53.1 Å². The van der Waals surface area contributed by atoms with Crippen LogP contribution in [0.5, 0.6) is 0 Å².